The van der Waals surface area contributed by atoms with Crippen LogP contribution in [-0.4, -0.2) is 0 Å². The molecular formula is C16H12. The van der Waals surface area contributed by atoms with Crippen LogP contribution < -0.4 is 0 Å². The van der Waals surface area contributed by atoms with E-state index in [1.807, 2.05) is 36.4 Å². The molecule has 0 spiro atoms. The molecule has 0 atom stereocenters. The molecule has 0 aliphatic heterocycles. The predicted molar refractivity (Wildman–Crippen MR) is 69.4 cm³/mol. The zero-order chi connectivity index (χ0) is 15.1. The lowest BCUT2D eigenvalue weighted by molar-refractivity contribution is 1.64. The molecule has 0 aliphatic rings. The average Bonchev–Trinajstić information content (AvgIpc) is 2.51. The van der Waals surface area contributed by atoms with Crippen molar-refractivity contribution in [2.75, 3.05) is 0 Å². The van der Waals surface area contributed by atoms with Gasteiger partial charge in [-0.2, -0.15) is 0 Å². The third kappa shape index (κ3) is 1.59. The van der Waals surface area contributed by atoms with E-state index in [1.54, 1.807) is 6.07 Å². The van der Waals surface area contributed by atoms with E-state index in [0.717, 1.165) is 10.8 Å². The minimum atomic E-state index is -0.366. The molecule has 0 aromatic heterocycles. The van der Waals surface area contributed by atoms with Crippen LogP contribution >= 0.6 is 0 Å². The van der Waals surface area contributed by atoms with Gasteiger partial charge in [0.1, 0.15) is 0 Å². The topological polar surface area (TPSA) is 0 Å². The van der Waals surface area contributed by atoms with E-state index in [1.165, 1.54) is 0 Å². The van der Waals surface area contributed by atoms with Crippen LogP contribution in [0.1, 0.15) is 6.85 Å². The lowest BCUT2D eigenvalue weighted by Gasteiger charge is -2.03. The highest BCUT2D eigenvalue weighted by atomic mass is 14.0. The van der Waals surface area contributed by atoms with Gasteiger partial charge >= 0.3 is 0 Å². The second kappa shape index (κ2) is 3.82. The Labute approximate surface area is 102 Å². The Kier molecular flexibility index (Phi) is 1.27. The van der Waals surface area contributed by atoms with Gasteiger partial charge in [0.2, 0.25) is 0 Å². The molecule has 0 aliphatic carbocycles. The highest BCUT2D eigenvalue weighted by Crippen LogP contribution is 2.23. The SMILES string of the molecule is [2H]c1c([2H])c([2H])c(-c2ccc3ccccc3c2)c([2H])c1[2H]. The molecule has 0 heterocycles. The molecule has 76 valence electrons. The Morgan fingerprint density at radius 2 is 1.44 bits per heavy atom. The van der Waals surface area contributed by atoms with E-state index in [4.69, 9.17) is 6.85 Å². The Morgan fingerprint density at radius 1 is 0.688 bits per heavy atom. The van der Waals surface area contributed by atoms with Gasteiger partial charge in [0.05, 0.1) is 6.85 Å². The zero-order valence-electron chi connectivity index (χ0n) is 13.5. The minimum absolute atomic E-state index is 0.170. The highest BCUT2D eigenvalue weighted by Gasteiger charge is 1.97. The third-order valence-electron chi connectivity index (χ3n) is 2.54. The van der Waals surface area contributed by atoms with E-state index in [2.05, 4.69) is 0 Å². The van der Waals surface area contributed by atoms with Crippen LogP contribution in [0.15, 0.2) is 72.7 Å². The smallest absolute Gasteiger partial charge is 0.0622 e. The van der Waals surface area contributed by atoms with Crippen molar-refractivity contribution in [1.29, 1.82) is 0 Å². The third-order valence-corrected chi connectivity index (χ3v) is 2.54. The van der Waals surface area contributed by atoms with Crippen molar-refractivity contribution in [2.24, 2.45) is 0 Å². The second-order valence-electron chi connectivity index (χ2n) is 3.56. The van der Waals surface area contributed by atoms with Crippen LogP contribution in [0.5, 0.6) is 0 Å². The lowest BCUT2D eigenvalue weighted by Crippen LogP contribution is -1.77. The van der Waals surface area contributed by atoms with Crippen molar-refractivity contribution in [3.63, 3.8) is 0 Å². The van der Waals surface area contributed by atoms with Gasteiger partial charge in [-0.15, -0.1) is 0 Å². The molecule has 3 aromatic carbocycles. The van der Waals surface area contributed by atoms with Crippen LogP contribution in [0.2, 0.25) is 0 Å². The summed E-state index contributed by atoms with van der Waals surface area (Å²) >= 11 is 0. The van der Waals surface area contributed by atoms with Crippen molar-refractivity contribution in [1.82, 2.24) is 0 Å². The van der Waals surface area contributed by atoms with Gasteiger partial charge in [0.15, 0.2) is 0 Å². The van der Waals surface area contributed by atoms with E-state index in [0.29, 0.717) is 5.56 Å². The molecule has 0 bridgehead atoms. The van der Waals surface area contributed by atoms with E-state index < -0.39 is 0 Å². The first-order valence-corrected chi connectivity index (χ1v) is 5.07. The van der Waals surface area contributed by atoms with Crippen molar-refractivity contribution in [2.45, 2.75) is 0 Å². The first-order valence-electron chi connectivity index (χ1n) is 7.57. The molecule has 0 unspecified atom stereocenters. The summed E-state index contributed by atoms with van der Waals surface area (Å²) in [6, 6.07) is 12.0. The number of benzene rings is 3. The summed E-state index contributed by atoms with van der Waals surface area (Å²) in [6.07, 6.45) is 0. The van der Waals surface area contributed by atoms with Gasteiger partial charge in [0, 0.05) is 0 Å². The van der Waals surface area contributed by atoms with Gasteiger partial charge in [-0.1, -0.05) is 66.6 Å². The summed E-state index contributed by atoms with van der Waals surface area (Å²) in [6.45, 7) is 0. The van der Waals surface area contributed by atoms with E-state index in [-0.39, 0.29) is 35.8 Å². The number of hydrogen-bond acceptors (Lipinski definition) is 0. The Balaban J connectivity index is 2.32. The molecule has 16 heavy (non-hydrogen) atoms. The standard InChI is InChI=1S/C16H12/c1-2-6-13(7-3-1)16-11-10-14-8-4-5-9-15(14)12-16/h1-12H/i1D,2D,3D,6D,7D. The van der Waals surface area contributed by atoms with Crippen LogP contribution in [0, 0.1) is 0 Å². The van der Waals surface area contributed by atoms with Gasteiger partial charge in [-0.3, -0.25) is 0 Å². The number of rotatable bonds is 1. The molecule has 0 amide bonds. The molecule has 0 nitrogen and oxygen atoms in total. The van der Waals surface area contributed by atoms with E-state index in [9.17, 15) is 0 Å². The van der Waals surface area contributed by atoms with Crippen molar-refractivity contribution >= 4 is 10.8 Å². The summed E-state index contributed by atoms with van der Waals surface area (Å²) in [5.74, 6) is 0. The largest absolute Gasteiger partial charge is 0.0629 e. The average molecular weight is 209 g/mol. The molecule has 0 fully saturated rings. The molecule has 3 rings (SSSR count). The predicted octanol–water partition coefficient (Wildman–Crippen LogP) is 4.51. The molecule has 0 heteroatoms. The lowest BCUT2D eigenvalue weighted by atomic mass is 10.0. The molecule has 0 saturated heterocycles. The normalized spacial score (nSPS) is 14.9. The molecule has 0 N–H and O–H groups in total. The second-order valence-corrected chi connectivity index (χ2v) is 3.56. The minimum Gasteiger partial charge on any atom is -0.0622 e. The summed E-state index contributed by atoms with van der Waals surface area (Å²) in [4.78, 5) is 0. The highest BCUT2D eigenvalue weighted by molar-refractivity contribution is 5.87. The monoisotopic (exact) mass is 209 g/mol. The summed E-state index contributed by atoms with van der Waals surface area (Å²) < 4.78 is 39.1. The summed E-state index contributed by atoms with van der Waals surface area (Å²) in [7, 11) is 0. The fourth-order valence-corrected chi connectivity index (χ4v) is 1.74. The fourth-order valence-electron chi connectivity index (χ4n) is 1.74. The first-order chi connectivity index (χ1) is 10.0. The zero-order valence-corrected chi connectivity index (χ0v) is 8.54. The van der Waals surface area contributed by atoms with Gasteiger partial charge < -0.3 is 0 Å². The van der Waals surface area contributed by atoms with Crippen LogP contribution in [0.4, 0.5) is 0 Å². The molecule has 0 radical (unpaired) electrons. The maximum atomic E-state index is 8.01. The molecule has 0 saturated carbocycles. The quantitative estimate of drug-likeness (QED) is 0.553. The van der Waals surface area contributed by atoms with Crippen LogP contribution in [-0.2, 0) is 0 Å². The Hall–Kier alpha value is -2.08. The Bertz CT molecular complexity index is 826. The maximum absolute atomic E-state index is 8.01. The summed E-state index contributed by atoms with van der Waals surface area (Å²) in [5.41, 5.74) is 0.873. The number of hydrogen-bond donors (Lipinski definition) is 0. The van der Waals surface area contributed by atoms with Gasteiger partial charge in [-0.25, -0.2) is 0 Å². The van der Waals surface area contributed by atoms with Crippen molar-refractivity contribution < 1.29 is 6.85 Å². The first kappa shape index (κ1) is 5.31. The molecule has 3 aromatic rings. The maximum Gasteiger partial charge on any atom is 0.0629 e. The van der Waals surface area contributed by atoms with Crippen LogP contribution in [0.3, 0.4) is 0 Å². The fraction of sp³-hybridized carbons (Fsp3) is 0. The van der Waals surface area contributed by atoms with Gasteiger partial charge in [-0.05, 0) is 28.0 Å². The van der Waals surface area contributed by atoms with Crippen molar-refractivity contribution in [3.8, 4) is 11.1 Å². The van der Waals surface area contributed by atoms with Crippen LogP contribution in [0.25, 0.3) is 21.9 Å². The summed E-state index contributed by atoms with van der Waals surface area (Å²) in [5, 5.41) is 2.02. The van der Waals surface area contributed by atoms with Gasteiger partial charge in [0.25, 0.3) is 0 Å². The van der Waals surface area contributed by atoms with E-state index >= 15 is 0 Å². The van der Waals surface area contributed by atoms with Crippen molar-refractivity contribution in [3.05, 3.63) is 72.7 Å². The number of fused-ring (bicyclic) bond motifs is 1. The Morgan fingerprint density at radius 3 is 2.25 bits per heavy atom. The molecular weight excluding hydrogens is 192 g/mol.